The predicted octanol–water partition coefficient (Wildman–Crippen LogP) is 2.55. The van der Waals surface area contributed by atoms with Crippen LogP contribution in [-0.2, 0) is 0 Å². The summed E-state index contributed by atoms with van der Waals surface area (Å²) in [4.78, 5) is 8.12. The number of ether oxygens (including phenoxy) is 1. The maximum atomic E-state index is 10.3. The first kappa shape index (κ1) is 20.8. The topological polar surface area (TPSA) is 49.5 Å². The number of phenols is 1. The second-order valence-electron chi connectivity index (χ2n) is 6.81. The molecule has 0 bridgehead atoms. The molecule has 2 aromatic carbocycles. The number of hydrogen-bond donors (Lipinski definition) is 2. The number of aliphatic imine (C=N–C) groups is 1. The van der Waals surface area contributed by atoms with E-state index in [1.807, 2.05) is 30.3 Å². The van der Waals surface area contributed by atoms with E-state index in [1.165, 1.54) is 10.5 Å². The monoisotopic (exact) mass is 370 g/mol. The number of nitrogens with one attached hydrogen (secondary N) is 1. The molecule has 0 saturated carbocycles. The van der Waals surface area contributed by atoms with Gasteiger partial charge in [0.25, 0.3) is 0 Å². The molecule has 146 valence electrons. The van der Waals surface area contributed by atoms with Crippen LogP contribution in [0.2, 0.25) is 0 Å². The lowest BCUT2D eigenvalue weighted by atomic mass is 10.1. The number of likely N-dealkylation sites (N-methyl/N-ethyl adjacent to an activating group) is 1. The van der Waals surface area contributed by atoms with Crippen molar-refractivity contribution in [3.8, 4) is 11.5 Å². The van der Waals surface area contributed by atoms with Gasteiger partial charge in [0.2, 0.25) is 0 Å². The van der Waals surface area contributed by atoms with Gasteiger partial charge < -0.3 is 19.6 Å². The van der Waals surface area contributed by atoms with Crippen LogP contribution in [0.4, 0.5) is 5.69 Å². The number of phenolic OH excluding ortho intramolecular Hbond substituents is 1. The Morgan fingerprint density at radius 2 is 1.78 bits per heavy atom. The summed E-state index contributed by atoms with van der Waals surface area (Å²) >= 11 is 0. The average Bonchev–Trinajstić information content (AvgIpc) is 2.67. The van der Waals surface area contributed by atoms with E-state index in [9.17, 15) is 5.11 Å². The molecule has 2 N–H and O–H groups in total. The number of anilines is 1. The summed E-state index contributed by atoms with van der Waals surface area (Å²) < 4.78 is 5.24. The van der Waals surface area contributed by atoms with Crippen molar-refractivity contribution >= 4 is 11.9 Å². The van der Waals surface area contributed by atoms with Crippen LogP contribution in [-0.4, -0.2) is 52.2 Å². The molecule has 0 saturated heterocycles. The van der Waals surface area contributed by atoms with Crippen LogP contribution in [0.1, 0.15) is 31.0 Å². The van der Waals surface area contributed by atoms with Gasteiger partial charge in [-0.2, -0.15) is 0 Å². The van der Waals surface area contributed by atoms with E-state index in [2.05, 4.69) is 50.0 Å². The third kappa shape index (κ3) is 5.47. The number of rotatable bonds is 9. The quantitative estimate of drug-likeness (QED) is 0.667. The molecule has 2 rings (SSSR count). The van der Waals surface area contributed by atoms with Crippen molar-refractivity contribution in [2.24, 2.45) is 4.99 Å². The summed E-state index contributed by atoms with van der Waals surface area (Å²) in [5.41, 5.74) is 2.99. The molecule has 27 heavy (non-hydrogen) atoms. The fourth-order valence-corrected chi connectivity index (χ4v) is 3.14. The highest BCUT2D eigenvalue weighted by molar-refractivity contribution is 5.84. The molecule has 0 amide bonds. The zero-order valence-electron chi connectivity index (χ0n) is 17.1. The summed E-state index contributed by atoms with van der Waals surface area (Å²) in [6, 6.07) is 14.1. The van der Waals surface area contributed by atoms with Gasteiger partial charge in [0.05, 0.1) is 27.7 Å². The second-order valence-corrected chi connectivity index (χ2v) is 6.81. The van der Waals surface area contributed by atoms with Gasteiger partial charge in [-0.1, -0.05) is 0 Å². The normalized spacial score (nSPS) is 12.5. The molecule has 0 aromatic heterocycles. The smallest absolute Gasteiger partial charge is 0.132 e. The first-order valence-electron chi connectivity index (χ1n) is 9.51. The maximum absolute atomic E-state index is 10.3. The number of quaternary nitrogens is 1. The molecule has 0 unspecified atom stereocenters. The lowest BCUT2D eigenvalue weighted by Crippen LogP contribution is -3.06. The largest absolute Gasteiger partial charge is 0.507 e. The molecule has 0 spiro atoms. The van der Waals surface area contributed by atoms with Crippen LogP contribution in [0.3, 0.4) is 0 Å². The van der Waals surface area contributed by atoms with Gasteiger partial charge in [0.1, 0.15) is 17.5 Å². The minimum Gasteiger partial charge on any atom is -0.507 e. The van der Waals surface area contributed by atoms with Crippen molar-refractivity contribution in [1.29, 1.82) is 0 Å². The van der Waals surface area contributed by atoms with Crippen molar-refractivity contribution < 1.29 is 14.7 Å². The number of hydrogen-bond acceptors (Lipinski definition) is 4. The Bertz CT molecular complexity index is 738. The Morgan fingerprint density at radius 1 is 1.11 bits per heavy atom. The van der Waals surface area contributed by atoms with Gasteiger partial charge in [-0.25, -0.2) is 0 Å². The summed E-state index contributed by atoms with van der Waals surface area (Å²) in [5, 5.41) is 10.3. The van der Waals surface area contributed by atoms with E-state index in [4.69, 9.17) is 4.74 Å². The van der Waals surface area contributed by atoms with Crippen molar-refractivity contribution in [3.05, 3.63) is 53.6 Å². The summed E-state index contributed by atoms with van der Waals surface area (Å²) in [5.74, 6) is 1.12. The molecule has 1 atom stereocenters. The molecule has 5 nitrogen and oxygen atoms in total. The Balaban J connectivity index is 2.11. The van der Waals surface area contributed by atoms with Gasteiger partial charge in [-0.05, 0) is 50.2 Å². The van der Waals surface area contributed by atoms with E-state index in [0.717, 1.165) is 30.1 Å². The molecule has 0 heterocycles. The summed E-state index contributed by atoms with van der Waals surface area (Å²) in [6.07, 6.45) is 1.76. The number of aromatic hydroxyl groups is 1. The highest BCUT2D eigenvalue weighted by Gasteiger charge is 2.17. The third-order valence-electron chi connectivity index (χ3n) is 4.88. The van der Waals surface area contributed by atoms with Crippen molar-refractivity contribution in [2.45, 2.75) is 19.9 Å². The van der Waals surface area contributed by atoms with Gasteiger partial charge in [0.15, 0.2) is 0 Å². The van der Waals surface area contributed by atoms with Crippen LogP contribution < -0.4 is 14.5 Å². The van der Waals surface area contributed by atoms with Gasteiger partial charge >= 0.3 is 0 Å². The van der Waals surface area contributed by atoms with Crippen LogP contribution in [0.5, 0.6) is 11.5 Å². The molecule has 0 aliphatic heterocycles. The molecular formula is C22H32N3O2+. The number of methoxy groups -OCH3 is 1. The van der Waals surface area contributed by atoms with Gasteiger partial charge in [0, 0.05) is 42.2 Å². The first-order chi connectivity index (χ1) is 13.0. The van der Waals surface area contributed by atoms with Gasteiger partial charge in [-0.15, -0.1) is 0 Å². The molecule has 0 radical (unpaired) electrons. The van der Waals surface area contributed by atoms with Crippen LogP contribution >= 0.6 is 0 Å². The molecule has 0 aliphatic carbocycles. The minimum atomic E-state index is 0.240. The maximum Gasteiger partial charge on any atom is 0.132 e. The van der Waals surface area contributed by atoms with E-state index in [-0.39, 0.29) is 11.8 Å². The SMILES string of the molecule is CCN(CC)c1ccc(C=NC[C@@H](c2ccc(OC)cc2)[NH+](C)C)c(O)c1. The van der Waals surface area contributed by atoms with Gasteiger partial charge in [-0.3, -0.25) is 4.99 Å². The van der Waals surface area contributed by atoms with E-state index in [0.29, 0.717) is 6.54 Å². The Morgan fingerprint density at radius 3 is 2.30 bits per heavy atom. The Hall–Kier alpha value is -2.53. The Labute approximate surface area is 162 Å². The second kappa shape index (κ2) is 9.97. The molecule has 5 heteroatoms. The minimum absolute atomic E-state index is 0.240. The average molecular weight is 371 g/mol. The number of benzene rings is 2. The summed E-state index contributed by atoms with van der Waals surface area (Å²) in [7, 11) is 5.92. The van der Waals surface area contributed by atoms with E-state index < -0.39 is 0 Å². The summed E-state index contributed by atoms with van der Waals surface area (Å²) in [6.45, 7) is 6.70. The molecule has 0 aliphatic rings. The fourth-order valence-electron chi connectivity index (χ4n) is 3.14. The lowest BCUT2D eigenvalue weighted by molar-refractivity contribution is -0.890. The zero-order chi connectivity index (χ0) is 19.8. The lowest BCUT2D eigenvalue weighted by Gasteiger charge is -2.21. The highest BCUT2D eigenvalue weighted by Crippen LogP contribution is 2.24. The third-order valence-corrected chi connectivity index (χ3v) is 4.88. The number of nitrogens with zero attached hydrogens (tertiary/aromatic N) is 2. The van der Waals surface area contributed by atoms with Crippen molar-refractivity contribution in [2.75, 3.05) is 45.7 Å². The van der Waals surface area contributed by atoms with Crippen molar-refractivity contribution in [1.82, 2.24) is 0 Å². The zero-order valence-corrected chi connectivity index (χ0v) is 17.1. The van der Waals surface area contributed by atoms with E-state index >= 15 is 0 Å². The van der Waals surface area contributed by atoms with Crippen molar-refractivity contribution in [3.63, 3.8) is 0 Å². The molecular weight excluding hydrogens is 338 g/mol. The standard InChI is InChI=1S/C22H31N3O2/c1-6-25(7-2)19-11-8-18(22(26)14-19)15-23-16-21(24(3)4)17-9-12-20(27-5)13-10-17/h8-15,21,26H,6-7,16H2,1-5H3/p+1/t21-/m0/s1. The predicted molar refractivity (Wildman–Crippen MR) is 113 cm³/mol. The first-order valence-corrected chi connectivity index (χ1v) is 9.51. The fraction of sp³-hybridized carbons (Fsp3) is 0.409. The van der Waals surface area contributed by atoms with Crippen LogP contribution in [0.25, 0.3) is 0 Å². The molecule has 0 fully saturated rings. The Kier molecular flexibility index (Phi) is 7.67. The van der Waals surface area contributed by atoms with E-state index in [1.54, 1.807) is 13.3 Å². The molecule has 2 aromatic rings. The van der Waals surface area contributed by atoms with Crippen LogP contribution in [0, 0.1) is 0 Å². The highest BCUT2D eigenvalue weighted by atomic mass is 16.5. The van der Waals surface area contributed by atoms with Crippen LogP contribution in [0.15, 0.2) is 47.5 Å².